The minimum absolute atomic E-state index is 0.0505. The van der Waals surface area contributed by atoms with Gasteiger partial charge in [0, 0.05) is 19.6 Å². The lowest BCUT2D eigenvalue weighted by Gasteiger charge is -2.30. The van der Waals surface area contributed by atoms with Crippen molar-refractivity contribution in [1.82, 2.24) is 9.97 Å². The van der Waals surface area contributed by atoms with Gasteiger partial charge in [-0.15, -0.1) is 0 Å². The number of anilines is 3. The van der Waals surface area contributed by atoms with Crippen molar-refractivity contribution in [1.29, 1.82) is 0 Å². The highest BCUT2D eigenvalue weighted by atomic mass is 35.5. The molecule has 3 aromatic rings. The molecule has 0 unspecified atom stereocenters. The van der Waals surface area contributed by atoms with Crippen molar-refractivity contribution in [3.63, 3.8) is 0 Å². The molecule has 11 heteroatoms. The van der Waals surface area contributed by atoms with E-state index in [0.717, 1.165) is 5.56 Å². The number of nitrogens with zero attached hydrogens (tertiary/aromatic N) is 3. The van der Waals surface area contributed by atoms with Crippen molar-refractivity contribution < 1.29 is 18.3 Å². The summed E-state index contributed by atoms with van der Waals surface area (Å²) in [7, 11) is -3.98. The molecule has 3 N–H and O–H groups in total. The van der Waals surface area contributed by atoms with E-state index in [0.29, 0.717) is 44.2 Å². The molecule has 0 bridgehead atoms. The lowest BCUT2D eigenvalue weighted by atomic mass is 9.97. The Morgan fingerprint density at radius 2 is 1.76 bits per heavy atom. The predicted octanol–water partition coefficient (Wildman–Crippen LogP) is 3.84. The molecule has 2 heterocycles. The van der Waals surface area contributed by atoms with Crippen molar-refractivity contribution in [2.45, 2.75) is 24.3 Å². The van der Waals surface area contributed by atoms with Gasteiger partial charge in [-0.25, -0.2) is 13.4 Å². The van der Waals surface area contributed by atoms with Crippen molar-refractivity contribution >= 4 is 45.0 Å². The summed E-state index contributed by atoms with van der Waals surface area (Å²) in [6.45, 7) is 1.42. The molecule has 1 aliphatic rings. The summed E-state index contributed by atoms with van der Waals surface area (Å²) in [5.74, 6) is -0.464. The molecule has 1 aliphatic heterocycles. The maximum Gasteiger partial charge on any atom is 0.306 e. The number of rotatable bonds is 8. The maximum absolute atomic E-state index is 13.0. The summed E-state index contributed by atoms with van der Waals surface area (Å²) in [6, 6.07) is 15.8. The van der Waals surface area contributed by atoms with E-state index in [4.69, 9.17) is 11.6 Å². The zero-order valence-electron chi connectivity index (χ0n) is 18.2. The highest BCUT2D eigenvalue weighted by molar-refractivity contribution is 7.92. The van der Waals surface area contributed by atoms with Crippen molar-refractivity contribution in [3.8, 4) is 0 Å². The molecule has 1 saturated heterocycles. The number of halogens is 1. The Morgan fingerprint density at radius 1 is 1.09 bits per heavy atom. The van der Waals surface area contributed by atoms with Crippen molar-refractivity contribution in [2.24, 2.45) is 5.92 Å². The number of aliphatic carboxylic acids is 1. The molecule has 0 saturated carbocycles. The second-order valence-corrected chi connectivity index (χ2v) is 9.96. The van der Waals surface area contributed by atoms with Gasteiger partial charge in [-0.2, -0.15) is 4.98 Å². The van der Waals surface area contributed by atoms with Crippen LogP contribution in [-0.2, 0) is 21.4 Å². The van der Waals surface area contributed by atoms with Crippen LogP contribution < -0.4 is 14.9 Å². The normalized spacial score (nSPS) is 14.6. The van der Waals surface area contributed by atoms with Crippen molar-refractivity contribution in [3.05, 3.63) is 71.4 Å². The van der Waals surface area contributed by atoms with Gasteiger partial charge in [-0.3, -0.25) is 9.52 Å². The van der Waals surface area contributed by atoms with E-state index in [-0.39, 0.29) is 21.5 Å². The van der Waals surface area contributed by atoms with Crippen LogP contribution in [0.4, 0.5) is 17.5 Å². The zero-order chi connectivity index (χ0) is 24.1. The van der Waals surface area contributed by atoms with Crippen LogP contribution >= 0.6 is 11.6 Å². The van der Waals surface area contributed by atoms with E-state index in [2.05, 4.69) is 20.0 Å². The Labute approximate surface area is 202 Å². The van der Waals surface area contributed by atoms with Crippen molar-refractivity contribution in [2.75, 3.05) is 28.0 Å². The molecule has 1 fully saturated rings. The van der Waals surface area contributed by atoms with Crippen LogP contribution in [0.2, 0.25) is 5.02 Å². The van der Waals surface area contributed by atoms with Gasteiger partial charge in [0.15, 0.2) is 5.82 Å². The summed E-state index contributed by atoms with van der Waals surface area (Å²) in [4.78, 5) is 22.0. The number of nitrogens with one attached hydrogen (secondary N) is 2. The lowest BCUT2D eigenvalue weighted by molar-refractivity contribution is -0.142. The van der Waals surface area contributed by atoms with Gasteiger partial charge in [0.05, 0.1) is 17.1 Å². The third kappa shape index (κ3) is 5.57. The molecule has 2 aromatic carbocycles. The summed E-state index contributed by atoms with van der Waals surface area (Å²) in [5.41, 5.74) is 1.17. The third-order valence-electron chi connectivity index (χ3n) is 5.58. The van der Waals surface area contributed by atoms with Crippen LogP contribution in [0.15, 0.2) is 65.7 Å². The Balaban J connectivity index is 1.61. The summed E-state index contributed by atoms with van der Waals surface area (Å²) >= 11 is 6.10. The summed E-state index contributed by atoms with van der Waals surface area (Å²) in [6.07, 6.45) is 2.39. The number of piperidine rings is 1. The molecule has 0 aliphatic carbocycles. The fourth-order valence-electron chi connectivity index (χ4n) is 3.70. The van der Waals surface area contributed by atoms with Crippen LogP contribution in [0.25, 0.3) is 0 Å². The van der Waals surface area contributed by atoms with Gasteiger partial charge in [-0.05, 0) is 30.5 Å². The third-order valence-corrected chi connectivity index (χ3v) is 7.44. The number of aromatic nitrogens is 2. The highest BCUT2D eigenvalue weighted by Crippen LogP contribution is 2.29. The average molecular weight is 502 g/mol. The Hall–Kier alpha value is -3.37. The number of carboxylic acid groups (broad SMARTS) is 1. The van der Waals surface area contributed by atoms with Crippen LogP contribution in [0.1, 0.15) is 18.4 Å². The molecule has 1 aromatic heterocycles. The number of carbonyl (C=O) groups is 1. The van der Waals surface area contributed by atoms with Gasteiger partial charge in [0.2, 0.25) is 5.95 Å². The Morgan fingerprint density at radius 3 is 2.44 bits per heavy atom. The Bertz CT molecular complexity index is 1270. The SMILES string of the molecule is O=C(O)C1CCN(c2ncc(NS(=O)(=O)c3ccccc3Cl)c(NCc3ccccc3)n2)CC1. The number of carboxylic acids is 1. The maximum atomic E-state index is 13.0. The monoisotopic (exact) mass is 501 g/mol. The first kappa shape index (κ1) is 23.8. The van der Waals surface area contributed by atoms with Gasteiger partial charge in [-0.1, -0.05) is 54.1 Å². The largest absolute Gasteiger partial charge is 0.481 e. The number of benzene rings is 2. The molecule has 0 radical (unpaired) electrons. The van der Waals surface area contributed by atoms with Crippen LogP contribution in [-0.4, -0.2) is 42.6 Å². The van der Waals surface area contributed by atoms with Gasteiger partial charge in [0.1, 0.15) is 10.6 Å². The lowest BCUT2D eigenvalue weighted by Crippen LogP contribution is -2.37. The molecule has 0 atom stereocenters. The first-order chi connectivity index (χ1) is 16.3. The molecule has 9 nitrogen and oxygen atoms in total. The number of sulfonamides is 1. The van der Waals surface area contributed by atoms with Gasteiger partial charge < -0.3 is 15.3 Å². The molecule has 34 heavy (non-hydrogen) atoms. The van der Waals surface area contributed by atoms with E-state index >= 15 is 0 Å². The van der Waals surface area contributed by atoms with Crippen LogP contribution in [0.5, 0.6) is 0 Å². The number of hydrogen-bond acceptors (Lipinski definition) is 7. The standard InChI is InChI=1S/C23H24ClN5O4S/c24-18-8-4-5-9-20(18)34(32,33)28-19-15-26-23(29-12-10-17(11-13-29)22(30)31)27-21(19)25-14-16-6-2-1-3-7-16/h1-9,15,17,28H,10-14H2,(H,30,31)(H,25,26,27). The molecule has 0 spiro atoms. The van der Waals surface area contributed by atoms with Crippen LogP contribution in [0.3, 0.4) is 0 Å². The summed E-state index contributed by atoms with van der Waals surface area (Å²) < 4.78 is 28.5. The molecular formula is C23H24ClN5O4S. The van der Waals surface area contributed by atoms with E-state index < -0.39 is 16.0 Å². The topological polar surface area (TPSA) is 125 Å². The Kier molecular flexibility index (Phi) is 7.18. The predicted molar refractivity (Wildman–Crippen MR) is 131 cm³/mol. The summed E-state index contributed by atoms with van der Waals surface area (Å²) in [5, 5.41) is 12.5. The van der Waals surface area contributed by atoms with E-state index in [1.807, 2.05) is 35.2 Å². The second kappa shape index (κ2) is 10.3. The van der Waals surface area contributed by atoms with Crippen LogP contribution in [0, 0.1) is 5.92 Å². The highest BCUT2D eigenvalue weighted by Gasteiger charge is 2.27. The van der Waals surface area contributed by atoms with Gasteiger partial charge >= 0.3 is 5.97 Å². The minimum atomic E-state index is -3.98. The van der Waals surface area contributed by atoms with E-state index in [1.165, 1.54) is 18.3 Å². The molecular weight excluding hydrogens is 478 g/mol. The fraction of sp³-hybridized carbons (Fsp3) is 0.261. The first-order valence-corrected chi connectivity index (χ1v) is 12.6. The van der Waals surface area contributed by atoms with Gasteiger partial charge in [0.25, 0.3) is 10.0 Å². The second-order valence-electron chi connectivity index (χ2n) is 7.91. The first-order valence-electron chi connectivity index (χ1n) is 10.7. The quantitative estimate of drug-likeness (QED) is 0.425. The van der Waals surface area contributed by atoms with E-state index in [9.17, 15) is 18.3 Å². The minimum Gasteiger partial charge on any atom is -0.481 e. The smallest absolute Gasteiger partial charge is 0.306 e. The number of hydrogen-bond donors (Lipinski definition) is 3. The molecule has 0 amide bonds. The zero-order valence-corrected chi connectivity index (χ0v) is 19.8. The molecule has 4 rings (SSSR count). The average Bonchev–Trinajstić information content (AvgIpc) is 2.84. The van der Waals surface area contributed by atoms with E-state index in [1.54, 1.807) is 12.1 Å². The fourth-order valence-corrected chi connectivity index (χ4v) is 5.28. The molecule has 178 valence electrons.